The summed E-state index contributed by atoms with van der Waals surface area (Å²) in [5.74, 6) is 0.117. The number of esters is 2. The number of hydrogen-bond acceptors (Lipinski definition) is 4. The minimum Gasteiger partial charge on any atom is -0.466 e. The molecule has 0 saturated heterocycles. The fraction of sp³-hybridized carbons (Fsp3) is 0.938. The monoisotopic (exact) mass is 510 g/mol. The lowest BCUT2D eigenvalue weighted by Gasteiger charge is -2.14. The Balaban J connectivity index is 3.41. The van der Waals surface area contributed by atoms with Crippen LogP contribution in [0.4, 0.5) is 0 Å². The maximum absolute atomic E-state index is 12.3. The van der Waals surface area contributed by atoms with Crippen molar-refractivity contribution in [2.45, 2.75) is 175 Å². The van der Waals surface area contributed by atoms with Crippen LogP contribution in [0.25, 0.3) is 0 Å². The van der Waals surface area contributed by atoms with E-state index < -0.39 is 0 Å². The Kier molecular flexibility index (Phi) is 27.7. The Morgan fingerprint density at radius 1 is 0.500 bits per heavy atom. The van der Waals surface area contributed by atoms with Gasteiger partial charge in [0.2, 0.25) is 0 Å². The zero-order valence-corrected chi connectivity index (χ0v) is 24.6. The summed E-state index contributed by atoms with van der Waals surface area (Å²) >= 11 is 0. The largest absolute Gasteiger partial charge is 0.466 e. The standard InChI is InChI=1S/C32H62O4/c1-4-7-9-20-24-28-35-31(33)27-23-19-17-15-13-11-12-14-16-18-22-26-30(6-3)32(34)36-29-25-21-10-8-5-2/h30H,4-29H2,1-3H3. The van der Waals surface area contributed by atoms with Gasteiger partial charge in [0.15, 0.2) is 0 Å². The molecule has 0 N–H and O–H groups in total. The summed E-state index contributed by atoms with van der Waals surface area (Å²) in [7, 11) is 0. The van der Waals surface area contributed by atoms with Gasteiger partial charge in [-0.1, -0.05) is 136 Å². The van der Waals surface area contributed by atoms with Crippen LogP contribution in [0.3, 0.4) is 0 Å². The highest BCUT2D eigenvalue weighted by molar-refractivity contribution is 5.72. The van der Waals surface area contributed by atoms with E-state index in [1.807, 2.05) is 0 Å². The first kappa shape index (κ1) is 34.9. The lowest BCUT2D eigenvalue weighted by atomic mass is 9.97. The SMILES string of the molecule is CCCCCCCOC(=O)CCCCCCCCCCCCCC(CC)C(=O)OCCCCCCC. The molecule has 1 unspecified atom stereocenters. The van der Waals surface area contributed by atoms with Gasteiger partial charge in [-0.05, 0) is 32.1 Å². The number of rotatable bonds is 28. The van der Waals surface area contributed by atoms with Crippen molar-refractivity contribution in [1.29, 1.82) is 0 Å². The average molecular weight is 511 g/mol. The Morgan fingerprint density at radius 2 is 0.917 bits per heavy atom. The van der Waals surface area contributed by atoms with Crippen LogP contribution < -0.4 is 0 Å². The van der Waals surface area contributed by atoms with E-state index in [2.05, 4.69) is 20.8 Å². The maximum Gasteiger partial charge on any atom is 0.308 e. The van der Waals surface area contributed by atoms with E-state index in [9.17, 15) is 9.59 Å². The lowest BCUT2D eigenvalue weighted by molar-refractivity contribution is -0.149. The van der Waals surface area contributed by atoms with Crippen molar-refractivity contribution in [3.63, 3.8) is 0 Å². The highest BCUT2D eigenvalue weighted by atomic mass is 16.5. The first-order chi connectivity index (χ1) is 17.7. The molecule has 0 bridgehead atoms. The van der Waals surface area contributed by atoms with Gasteiger partial charge in [0.1, 0.15) is 0 Å². The number of hydrogen-bond donors (Lipinski definition) is 0. The van der Waals surface area contributed by atoms with E-state index in [1.165, 1.54) is 103 Å². The molecule has 214 valence electrons. The number of unbranched alkanes of at least 4 members (excludes halogenated alkanes) is 18. The molecule has 0 aliphatic heterocycles. The van der Waals surface area contributed by atoms with Crippen LogP contribution >= 0.6 is 0 Å². The van der Waals surface area contributed by atoms with Crippen LogP contribution in [0.2, 0.25) is 0 Å². The highest BCUT2D eigenvalue weighted by Gasteiger charge is 2.17. The minimum atomic E-state index is -0.00885. The van der Waals surface area contributed by atoms with Crippen molar-refractivity contribution in [1.82, 2.24) is 0 Å². The average Bonchev–Trinajstić information content (AvgIpc) is 2.88. The summed E-state index contributed by atoms with van der Waals surface area (Å²) in [5.41, 5.74) is 0. The van der Waals surface area contributed by atoms with Crippen molar-refractivity contribution in [3.8, 4) is 0 Å². The molecular formula is C32H62O4. The van der Waals surface area contributed by atoms with Crippen LogP contribution in [0, 0.1) is 5.92 Å². The van der Waals surface area contributed by atoms with Crippen molar-refractivity contribution >= 4 is 11.9 Å². The highest BCUT2D eigenvalue weighted by Crippen LogP contribution is 2.18. The third kappa shape index (κ3) is 24.6. The van der Waals surface area contributed by atoms with Gasteiger partial charge < -0.3 is 9.47 Å². The predicted molar refractivity (Wildman–Crippen MR) is 153 cm³/mol. The third-order valence-electron chi connectivity index (χ3n) is 7.26. The molecular weight excluding hydrogens is 448 g/mol. The van der Waals surface area contributed by atoms with Crippen LogP contribution in [0.5, 0.6) is 0 Å². The molecule has 0 aromatic rings. The normalized spacial score (nSPS) is 12.0. The number of carbonyl (C=O) groups excluding carboxylic acids is 2. The van der Waals surface area contributed by atoms with Crippen LogP contribution in [0.1, 0.15) is 175 Å². The van der Waals surface area contributed by atoms with Gasteiger partial charge in [-0.15, -0.1) is 0 Å². The topological polar surface area (TPSA) is 52.6 Å². The van der Waals surface area contributed by atoms with E-state index in [4.69, 9.17) is 9.47 Å². The Labute approximate surface area is 225 Å². The second-order valence-electron chi connectivity index (χ2n) is 10.7. The predicted octanol–water partition coefficient (Wildman–Crippen LogP) is 10.1. The van der Waals surface area contributed by atoms with Gasteiger partial charge in [0, 0.05) is 6.42 Å². The molecule has 4 heteroatoms. The summed E-state index contributed by atoms with van der Waals surface area (Å²) in [4.78, 5) is 24.0. The summed E-state index contributed by atoms with van der Waals surface area (Å²) < 4.78 is 10.8. The van der Waals surface area contributed by atoms with E-state index in [1.54, 1.807) is 0 Å². The molecule has 0 aliphatic rings. The molecule has 0 aromatic heterocycles. The Hall–Kier alpha value is -1.06. The number of ether oxygens (including phenoxy) is 2. The molecule has 1 atom stereocenters. The molecule has 0 fully saturated rings. The number of carbonyl (C=O) groups is 2. The molecule has 0 aliphatic carbocycles. The molecule has 0 amide bonds. The Bertz CT molecular complexity index is 477. The van der Waals surface area contributed by atoms with Crippen molar-refractivity contribution in [2.24, 2.45) is 5.92 Å². The molecule has 0 aromatic carbocycles. The van der Waals surface area contributed by atoms with Gasteiger partial charge in [0.25, 0.3) is 0 Å². The second kappa shape index (κ2) is 28.5. The summed E-state index contributed by atoms with van der Waals surface area (Å²) in [6.45, 7) is 7.74. The smallest absolute Gasteiger partial charge is 0.308 e. The van der Waals surface area contributed by atoms with Gasteiger partial charge >= 0.3 is 11.9 Å². The first-order valence-electron chi connectivity index (χ1n) is 16.0. The van der Waals surface area contributed by atoms with Crippen LogP contribution in [-0.4, -0.2) is 25.2 Å². The zero-order chi connectivity index (χ0) is 26.5. The van der Waals surface area contributed by atoms with Crippen LogP contribution in [0.15, 0.2) is 0 Å². The summed E-state index contributed by atoms with van der Waals surface area (Å²) in [6, 6.07) is 0. The van der Waals surface area contributed by atoms with Gasteiger partial charge in [-0.3, -0.25) is 9.59 Å². The van der Waals surface area contributed by atoms with Crippen LogP contribution in [-0.2, 0) is 19.1 Å². The molecule has 0 spiro atoms. The fourth-order valence-corrected chi connectivity index (χ4v) is 4.70. The minimum absolute atomic E-state index is 0.00885. The first-order valence-corrected chi connectivity index (χ1v) is 16.0. The summed E-state index contributed by atoms with van der Waals surface area (Å²) in [6.07, 6.45) is 28.0. The molecule has 0 radical (unpaired) electrons. The van der Waals surface area contributed by atoms with E-state index in [0.29, 0.717) is 19.6 Å². The van der Waals surface area contributed by atoms with Crippen molar-refractivity contribution in [2.75, 3.05) is 13.2 Å². The van der Waals surface area contributed by atoms with Crippen molar-refractivity contribution in [3.05, 3.63) is 0 Å². The third-order valence-corrected chi connectivity index (χ3v) is 7.26. The maximum atomic E-state index is 12.3. The quantitative estimate of drug-likeness (QED) is 0.0776. The molecule has 0 saturated carbocycles. The van der Waals surface area contributed by atoms with E-state index >= 15 is 0 Å². The molecule has 0 rings (SSSR count). The lowest BCUT2D eigenvalue weighted by Crippen LogP contribution is -2.17. The van der Waals surface area contributed by atoms with Crippen molar-refractivity contribution < 1.29 is 19.1 Å². The van der Waals surface area contributed by atoms with E-state index in [-0.39, 0.29) is 17.9 Å². The molecule has 0 heterocycles. The second-order valence-corrected chi connectivity index (χ2v) is 10.7. The molecule has 4 nitrogen and oxygen atoms in total. The molecule has 36 heavy (non-hydrogen) atoms. The van der Waals surface area contributed by atoms with Gasteiger partial charge in [-0.2, -0.15) is 0 Å². The Morgan fingerprint density at radius 3 is 1.42 bits per heavy atom. The fourth-order valence-electron chi connectivity index (χ4n) is 4.70. The zero-order valence-electron chi connectivity index (χ0n) is 24.6. The van der Waals surface area contributed by atoms with Gasteiger partial charge in [0.05, 0.1) is 19.1 Å². The summed E-state index contributed by atoms with van der Waals surface area (Å²) in [5, 5.41) is 0. The van der Waals surface area contributed by atoms with Gasteiger partial charge in [-0.25, -0.2) is 0 Å². The van der Waals surface area contributed by atoms with E-state index in [0.717, 1.165) is 44.9 Å².